The number of nitrogens with one attached hydrogen (secondary N) is 1. The fourth-order valence-corrected chi connectivity index (χ4v) is 3.15. The summed E-state index contributed by atoms with van der Waals surface area (Å²) < 4.78 is 0. The van der Waals surface area contributed by atoms with E-state index >= 15 is 0 Å². The third-order valence-electron chi connectivity index (χ3n) is 3.08. The van der Waals surface area contributed by atoms with Crippen molar-refractivity contribution in [2.24, 2.45) is 5.92 Å². The van der Waals surface area contributed by atoms with Crippen LogP contribution in [0.2, 0.25) is 0 Å². The molecule has 5 nitrogen and oxygen atoms in total. The van der Waals surface area contributed by atoms with Gasteiger partial charge in [-0.05, 0) is 36.3 Å². The smallest absolute Gasteiger partial charge is 0.337 e. The van der Waals surface area contributed by atoms with E-state index in [1.807, 2.05) is 11.8 Å². The van der Waals surface area contributed by atoms with Gasteiger partial charge in [0.05, 0.1) is 17.4 Å². The van der Waals surface area contributed by atoms with Crippen molar-refractivity contribution in [3.63, 3.8) is 0 Å². The highest BCUT2D eigenvalue weighted by Gasteiger charge is 2.14. The first kappa shape index (κ1) is 13.0. The molecule has 0 saturated carbocycles. The molecule has 2 heterocycles. The number of nitrogens with two attached hydrogens (primary N) is 1. The van der Waals surface area contributed by atoms with Crippen molar-refractivity contribution in [1.29, 1.82) is 0 Å². The van der Waals surface area contributed by atoms with Crippen molar-refractivity contribution < 1.29 is 9.90 Å². The van der Waals surface area contributed by atoms with Crippen LogP contribution in [-0.4, -0.2) is 34.1 Å². The van der Waals surface area contributed by atoms with Crippen molar-refractivity contribution >= 4 is 29.2 Å². The summed E-state index contributed by atoms with van der Waals surface area (Å²) >= 11 is 1.99. The van der Waals surface area contributed by atoms with Crippen LogP contribution in [0.15, 0.2) is 12.3 Å². The molecule has 0 radical (unpaired) electrons. The predicted octanol–water partition coefficient (Wildman–Crippen LogP) is 1.92. The number of aromatic carboxylic acids is 1. The molecule has 1 aromatic rings. The number of hydrogen-bond acceptors (Lipinski definition) is 5. The molecular weight excluding hydrogens is 250 g/mol. The van der Waals surface area contributed by atoms with Crippen LogP contribution in [0.4, 0.5) is 11.5 Å². The van der Waals surface area contributed by atoms with Gasteiger partial charge in [-0.3, -0.25) is 0 Å². The van der Waals surface area contributed by atoms with E-state index in [1.54, 1.807) is 0 Å². The van der Waals surface area contributed by atoms with E-state index in [1.165, 1.54) is 36.6 Å². The maximum Gasteiger partial charge on any atom is 0.337 e. The van der Waals surface area contributed by atoms with Gasteiger partial charge in [0.25, 0.3) is 0 Å². The fourth-order valence-electron chi connectivity index (χ4n) is 1.95. The number of aromatic nitrogens is 1. The van der Waals surface area contributed by atoms with Crippen molar-refractivity contribution in [1.82, 2.24) is 4.98 Å². The molecule has 98 valence electrons. The van der Waals surface area contributed by atoms with Crippen LogP contribution in [0, 0.1) is 5.92 Å². The number of nitrogen functional groups attached to an aromatic ring is 1. The fraction of sp³-hybridized carbons (Fsp3) is 0.500. The summed E-state index contributed by atoms with van der Waals surface area (Å²) in [5, 5.41) is 12.2. The van der Waals surface area contributed by atoms with Gasteiger partial charge in [-0.1, -0.05) is 0 Å². The van der Waals surface area contributed by atoms with Crippen molar-refractivity contribution in [2.75, 3.05) is 29.1 Å². The molecule has 6 heteroatoms. The molecule has 18 heavy (non-hydrogen) atoms. The molecule has 1 fully saturated rings. The SMILES string of the molecule is Nc1cnc(NCC2CCSCC2)cc1C(=O)O. The lowest BCUT2D eigenvalue weighted by molar-refractivity contribution is 0.0698. The lowest BCUT2D eigenvalue weighted by Gasteiger charge is -2.21. The van der Waals surface area contributed by atoms with Crippen LogP contribution in [0.3, 0.4) is 0 Å². The number of carboxylic acid groups (broad SMARTS) is 1. The van der Waals surface area contributed by atoms with Crippen molar-refractivity contribution in [2.45, 2.75) is 12.8 Å². The lowest BCUT2D eigenvalue weighted by atomic mass is 10.0. The van der Waals surface area contributed by atoms with Crippen LogP contribution < -0.4 is 11.1 Å². The van der Waals surface area contributed by atoms with Gasteiger partial charge in [0.15, 0.2) is 0 Å². The molecule has 0 aromatic carbocycles. The number of hydrogen-bond donors (Lipinski definition) is 3. The Hall–Kier alpha value is -1.43. The average Bonchev–Trinajstić information content (AvgIpc) is 2.38. The number of carboxylic acids is 1. The first-order valence-electron chi connectivity index (χ1n) is 5.97. The summed E-state index contributed by atoms with van der Waals surface area (Å²) in [6.07, 6.45) is 3.80. The first-order chi connectivity index (χ1) is 8.66. The zero-order chi connectivity index (χ0) is 13.0. The van der Waals surface area contributed by atoms with Gasteiger partial charge in [-0.2, -0.15) is 11.8 Å². The molecule has 1 saturated heterocycles. The van der Waals surface area contributed by atoms with Crippen LogP contribution in [0.1, 0.15) is 23.2 Å². The minimum absolute atomic E-state index is 0.103. The normalized spacial score (nSPS) is 16.4. The maximum absolute atomic E-state index is 10.9. The topological polar surface area (TPSA) is 88.2 Å². The minimum Gasteiger partial charge on any atom is -0.478 e. The van der Waals surface area contributed by atoms with Crippen molar-refractivity contribution in [3.8, 4) is 0 Å². The summed E-state index contributed by atoms with van der Waals surface area (Å²) in [7, 11) is 0. The second-order valence-corrected chi connectivity index (χ2v) is 5.62. The van der Waals surface area contributed by atoms with Gasteiger partial charge in [0.1, 0.15) is 5.82 Å². The molecule has 1 aliphatic rings. The van der Waals surface area contributed by atoms with E-state index in [2.05, 4.69) is 10.3 Å². The Morgan fingerprint density at radius 2 is 2.28 bits per heavy atom. The number of pyridine rings is 1. The van der Waals surface area contributed by atoms with E-state index < -0.39 is 5.97 Å². The van der Waals surface area contributed by atoms with Gasteiger partial charge in [-0.15, -0.1) is 0 Å². The summed E-state index contributed by atoms with van der Waals surface area (Å²) in [5.41, 5.74) is 5.86. The molecular formula is C12H17N3O2S. The maximum atomic E-state index is 10.9. The second-order valence-electron chi connectivity index (χ2n) is 4.40. The molecule has 2 rings (SSSR count). The Labute approximate surface area is 110 Å². The van der Waals surface area contributed by atoms with Gasteiger partial charge in [-0.25, -0.2) is 9.78 Å². The van der Waals surface area contributed by atoms with E-state index in [0.29, 0.717) is 11.7 Å². The monoisotopic (exact) mass is 267 g/mol. The Kier molecular flexibility index (Phi) is 4.30. The quantitative estimate of drug-likeness (QED) is 0.772. The zero-order valence-corrected chi connectivity index (χ0v) is 10.9. The highest BCUT2D eigenvalue weighted by Crippen LogP contribution is 2.23. The van der Waals surface area contributed by atoms with Crippen LogP contribution in [0.5, 0.6) is 0 Å². The van der Waals surface area contributed by atoms with Gasteiger partial charge >= 0.3 is 5.97 Å². The molecule has 0 unspecified atom stereocenters. The van der Waals surface area contributed by atoms with Crippen LogP contribution in [-0.2, 0) is 0 Å². The van der Waals surface area contributed by atoms with Gasteiger partial charge in [0.2, 0.25) is 0 Å². The van der Waals surface area contributed by atoms with Crippen molar-refractivity contribution in [3.05, 3.63) is 17.8 Å². The number of thioether (sulfide) groups is 1. The minimum atomic E-state index is -1.02. The lowest BCUT2D eigenvalue weighted by Crippen LogP contribution is -2.19. The molecule has 0 bridgehead atoms. The number of rotatable bonds is 4. The number of carbonyl (C=O) groups is 1. The molecule has 0 atom stereocenters. The Morgan fingerprint density at radius 3 is 2.94 bits per heavy atom. The largest absolute Gasteiger partial charge is 0.478 e. The summed E-state index contributed by atoms with van der Waals surface area (Å²) in [4.78, 5) is 15.0. The summed E-state index contributed by atoms with van der Waals surface area (Å²) in [5.74, 6) is 2.63. The third-order valence-corrected chi connectivity index (χ3v) is 4.13. The Morgan fingerprint density at radius 1 is 1.56 bits per heavy atom. The molecule has 4 N–H and O–H groups in total. The summed E-state index contributed by atoms with van der Waals surface area (Å²) in [6.45, 7) is 0.844. The average molecular weight is 267 g/mol. The predicted molar refractivity (Wildman–Crippen MR) is 74.1 cm³/mol. The van der Waals surface area contributed by atoms with Gasteiger partial charge < -0.3 is 16.2 Å². The highest BCUT2D eigenvalue weighted by atomic mass is 32.2. The van der Waals surface area contributed by atoms with E-state index in [9.17, 15) is 4.79 Å². The Balaban J connectivity index is 1.96. The van der Waals surface area contributed by atoms with Crippen LogP contribution in [0.25, 0.3) is 0 Å². The van der Waals surface area contributed by atoms with E-state index in [4.69, 9.17) is 10.8 Å². The molecule has 1 aliphatic heterocycles. The first-order valence-corrected chi connectivity index (χ1v) is 7.12. The number of nitrogens with zero attached hydrogens (tertiary/aromatic N) is 1. The molecule has 0 amide bonds. The summed E-state index contributed by atoms with van der Waals surface area (Å²) in [6, 6.07) is 1.50. The number of anilines is 2. The third kappa shape index (κ3) is 3.29. The molecule has 0 aliphatic carbocycles. The highest BCUT2D eigenvalue weighted by molar-refractivity contribution is 7.99. The zero-order valence-electron chi connectivity index (χ0n) is 10.1. The van der Waals surface area contributed by atoms with E-state index in [0.717, 1.165) is 6.54 Å². The second kappa shape index (κ2) is 5.95. The molecule has 1 aromatic heterocycles. The Bertz CT molecular complexity index is 433. The van der Waals surface area contributed by atoms with Gasteiger partial charge in [0, 0.05) is 6.54 Å². The van der Waals surface area contributed by atoms with E-state index in [-0.39, 0.29) is 11.3 Å². The standard InChI is InChI=1S/C12H17N3O2S/c13-10-7-15-11(5-9(10)12(16)17)14-6-8-1-3-18-4-2-8/h5,7-8H,1-4,6,13H2,(H,14,15)(H,16,17). The van der Waals surface area contributed by atoms with Crippen LogP contribution >= 0.6 is 11.8 Å². The molecule has 0 spiro atoms.